The van der Waals surface area contributed by atoms with E-state index in [1.54, 1.807) is 7.11 Å². The number of nitrogens with zero attached hydrogens (tertiary/aromatic N) is 3. The van der Waals surface area contributed by atoms with Gasteiger partial charge in [0.15, 0.2) is 5.16 Å². The van der Waals surface area contributed by atoms with Crippen molar-refractivity contribution in [1.82, 2.24) is 14.8 Å². The second-order valence-electron chi connectivity index (χ2n) is 5.49. The van der Waals surface area contributed by atoms with Crippen LogP contribution in [-0.4, -0.2) is 33.5 Å². The molecule has 0 spiro atoms. The first-order valence-corrected chi connectivity index (χ1v) is 9.26. The second-order valence-corrected chi connectivity index (χ2v) is 6.43. The molecule has 3 rings (SSSR count). The Bertz CT molecular complexity index is 863. The Morgan fingerprint density at radius 2 is 1.85 bits per heavy atom. The Kier molecular flexibility index (Phi) is 5.91. The van der Waals surface area contributed by atoms with Gasteiger partial charge in [-0.3, -0.25) is 9.36 Å². The van der Waals surface area contributed by atoms with Gasteiger partial charge >= 0.3 is 0 Å². The molecule has 1 heterocycles. The molecule has 0 saturated carbocycles. The van der Waals surface area contributed by atoms with Crippen LogP contribution in [0.1, 0.15) is 12.7 Å². The summed E-state index contributed by atoms with van der Waals surface area (Å²) >= 11 is 1.37. The van der Waals surface area contributed by atoms with Gasteiger partial charge in [0.1, 0.15) is 11.6 Å². The van der Waals surface area contributed by atoms with Gasteiger partial charge < -0.3 is 10.1 Å². The third kappa shape index (κ3) is 4.23. The summed E-state index contributed by atoms with van der Waals surface area (Å²) in [5.74, 6) is 1.77. The number of carbonyl (C=O) groups excluding carboxylic acids is 1. The van der Waals surface area contributed by atoms with E-state index in [1.807, 2.05) is 66.1 Å². The SMILES string of the molecule is CCc1nnc(SCC(=O)Nc2ccc(OC)cc2)n1-c1ccccc1. The molecule has 0 aliphatic carbocycles. The van der Waals surface area contributed by atoms with Crippen molar-refractivity contribution >= 4 is 23.4 Å². The molecule has 1 aromatic heterocycles. The molecule has 134 valence electrons. The van der Waals surface area contributed by atoms with Gasteiger partial charge in [0.05, 0.1) is 12.9 Å². The van der Waals surface area contributed by atoms with E-state index in [0.29, 0.717) is 5.16 Å². The smallest absolute Gasteiger partial charge is 0.234 e. The van der Waals surface area contributed by atoms with Crippen LogP contribution in [0, 0.1) is 0 Å². The van der Waals surface area contributed by atoms with Crippen LogP contribution in [0.25, 0.3) is 5.69 Å². The van der Waals surface area contributed by atoms with E-state index in [4.69, 9.17) is 4.74 Å². The van der Waals surface area contributed by atoms with Gasteiger partial charge in [-0.25, -0.2) is 0 Å². The minimum atomic E-state index is -0.0965. The molecule has 0 saturated heterocycles. The number of para-hydroxylation sites is 1. The van der Waals surface area contributed by atoms with Crippen molar-refractivity contribution in [2.45, 2.75) is 18.5 Å². The molecule has 6 nitrogen and oxygen atoms in total. The first-order chi connectivity index (χ1) is 12.7. The Labute approximate surface area is 156 Å². The highest BCUT2D eigenvalue weighted by molar-refractivity contribution is 7.99. The topological polar surface area (TPSA) is 69.0 Å². The second kappa shape index (κ2) is 8.53. The lowest BCUT2D eigenvalue weighted by atomic mass is 10.3. The number of thioether (sulfide) groups is 1. The number of hydrogen-bond donors (Lipinski definition) is 1. The van der Waals surface area contributed by atoms with Gasteiger partial charge in [-0.1, -0.05) is 36.9 Å². The van der Waals surface area contributed by atoms with Gasteiger partial charge in [-0.2, -0.15) is 0 Å². The fourth-order valence-electron chi connectivity index (χ4n) is 2.46. The number of methoxy groups -OCH3 is 1. The van der Waals surface area contributed by atoms with Crippen molar-refractivity contribution in [2.24, 2.45) is 0 Å². The zero-order valence-corrected chi connectivity index (χ0v) is 15.5. The van der Waals surface area contributed by atoms with Crippen molar-refractivity contribution in [3.05, 3.63) is 60.4 Å². The average molecular weight is 368 g/mol. The number of aromatic nitrogens is 3. The van der Waals surface area contributed by atoms with Crippen molar-refractivity contribution in [2.75, 3.05) is 18.2 Å². The van der Waals surface area contributed by atoms with Crippen LogP contribution in [0.15, 0.2) is 59.8 Å². The van der Waals surface area contributed by atoms with E-state index < -0.39 is 0 Å². The van der Waals surface area contributed by atoms with E-state index in [1.165, 1.54) is 11.8 Å². The summed E-state index contributed by atoms with van der Waals surface area (Å²) in [6.07, 6.45) is 0.764. The van der Waals surface area contributed by atoms with Gasteiger partial charge in [-0.05, 0) is 36.4 Å². The number of aryl methyl sites for hydroxylation is 1. The van der Waals surface area contributed by atoms with E-state index in [0.717, 1.165) is 29.4 Å². The van der Waals surface area contributed by atoms with E-state index in [2.05, 4.69) is 15.5 Å². The lowest BCUT2D eigenvalue weighted by Crippen LogP contribution is -2.14. The summed E-state index contributed by atoms with van der Waals surface area (Å²) in [6.45, 7) is 2.04. The van der Waals surface area contributed by atoms with Crippen molar-refractivity contribution in [3.8, 4) is 11.4 Å². The number of nitrogens with one attached hydrogen (secondary N) is 1. The molecule has 1 N–H and O–H groups in total. The average Bonchev–Trinajstić information content (AvgIpc) is 3.10. The largest absolute Gasteiger partial charge is 0.497 e. The van der Waals surface area contributed by atoms with Crippen molar-refractivity contribution in [1.29, 1.82) is 0 Å². The standard InChI is InChI=1S/C19H20N4O2S/c1-3-17-21-22-19(23(17)15-7-5-4-6-8-15)26-13-18(24)20-14-9-11-16(25-2)12-10-14/h4-12H,3,13H2,1-2H3,(H,20,24). The first kappa shape index (κ1) is 18.0. The maximum absolute atomic E-state index is 12.2. The molecule has 26 heavy (non-hydrogen) atoms. The molecule has 3 aromatic rings. The number of ether oxygens (including phenoxy) is 1. The number of benzene rings is 2. The van der Waals surface area contributed by atoms with Crippen LogP contribution in [0.5, 0.6) is 5.75 Å². The number of anilines is 1. The van der Waals surface area contributed by atoms with E-state index >= 15 is 0 Å². The Morgan fingerprint density at radius 3 is 2.50 bits per heavy atom. The normalized spacial score (nSPS) is 10.5. The zero-order valence-electron chi connectivity index (χ0n) is 14.7. The molecule has 0 radical (unpaired) electrons. The molecule has 0 unspecified atom stereocenters. The number of amides is 1. The maximum atomic E-state index is 12.2. The van der Waals surface area contributed by atoms with Crippen LogP contribution in [0.4, 0.5) is 5.69 Å². The van der Waals surface area contributed by atoms with E-state index in [9.17, 15) is 4.79 Å². The fraction of sp³-hybridized carbons (Fsp3) is 0.211. The van der Waals surface area contributed by atoms with Crippen LogP contribution < -0.4 is 10.1 Å². The van der Waals surface area contributed by atoms with Crippen molar-refractivity contribution < 1.29 is 9.53 Å². The number of carbonyl (C=O) groups is 1. The zero-order chi connectivity index (χ0) is 18.4. The molecular weight excluding hydrogens is 348 g/mol. The maximum Gasteiger partial charge on any atom is 0.234 e. The third-order valence-corrected chi connectivity index (χ3v) is 4.67. The van der Waals surface area contributed by atoms with Crippen LogP contribution in [0.3, 0.4) is 0 Å². The number of rotatable bonds is 7. The predicted molar refractivity (Wildman–Crippen MR) is 103 cm³/mol. The monoisotopic (exact) mass is 368 g/mol. The highest BCUT2D eigenvalue weighted by Gasteiger charge is 2.14. The Hall–Kier alpha value is -2.80. The molecule has 0 bridgehead atoms. The summed E-state index contributed by atoms with van der Waals surface area (Å²) in [4.78, 5) is 12.2. The molecular formula is C19H20N4O2S. The molecule has 1 amide bonds. The molecule has 2 aromatic carbocycles. The first-order valence-electron chi connectivity index (χ1n) is 8.27. The number of hydrogen-bond acceptors (Lipinski definition) is 5. The summed E-state index contributed by atoms with van der Waals surface area (Å²) in [5, 5.41) is 12.1. The van der Waals surface area contributed by atoms with Crippen LogP contribution >= 0.6 is 11.8 Å². The lowest BCUT2D eigenvalue weighted by Gasteiger charge is -2.09. The fourth-order valence-corrected chi connectivity index (χ4v) is 3.23. The van der Waals surface area contributed by atoms with Gasteiger partial charge in [-0.15, -0.1) is 10.2 Å². The van der Waals surface area contributed by atoms with Gasteiger partial charge in [0.2, 0.25) is 5.91 Å². The van der Waals surface area contributed by atoms with Crippen LogP contribution in [-0.2, 0) is 11.2 Å². The third-order valence-electron chi connectivity index (χ3n) is 3.74. The summed E-state index contributed by atoms with van der Waals surface area (Å²) in [6, 6.07) is 17.2. The molecule has 0 aliphatic rings. The van der Waals surface area contributed by atoms with Crippen LogP contribution in [0.2, 0.25) is 0 Å². The summed E-state index contributed by atoms with van der Waals surface area (Å²) in [5.41, 5.74) is 1.72. The minimum absolute atomic E-state index is 0.0965. The summed E-state index contributed by atoms with van der Waals surface area (Å²) < 4.78 is 7.10. The molecule has 7 heteroatoms. The molecule has 0 aliphatic heterocycles. The van der Waals surface area contributed by atoms with Crippen molar-refractivity contribution in [3.63, 3.8) is 0 Å². The Balaban J connectivity index is 1.67. The molecule has 0 fully saturated rings. The van der Waals surface area contributed by atoms with Gasteiger partial charge in [0, 0.05) is 17.8 Å². The predicted octanol–water partition coefficient (Wildman–Crippen LogP) is 3.57. The highest BCUT2D eigenvalue weighted by Crippen LogP contribution is 2.23. The Morgan fingerprint density at radius 1 is 1.12 bits per heavy atom. The van der Waals surface area contributed by atoms with Gasteiger partial charge in [0.25, 0.3) is 0 Å². The lowest BCUT2D eigenvalue weighted by molar-refractivity contribution is -0.113. The minimum Gasteiger partial charge on any atom is -0.497 e. The summed E-state index contributed by atoms with van der Waals surface area (Å²) in [7, 11) is 1.61. The quantitative estimate of drug-likeness (QED) is 0.646. The molecule has 0 atom stereocenters. The van der Waals surface area contributed by atoms with E-state index in [-0.39, 0.29) is 11.7 Å². The highest BCUT2D eigenvalue weighted by atomic mass is 32.2.